The lowest BCUT2D eigenvalue weighted by atomic mass is 10.0. The first-order chi connectivity index (χ1) is 13.7. The van der Waals surface area contributed by atoms with Crippen LogP contribution in [-0.2, 0) is 12.6 Å². The first-order valence-electron chi connectivity index (χ1n) is 9.03. The summed E-state index contributed by atoms with van der Waals surface area (Å²) in [5, 5.41) is 5.72. The highest BCUT2D eigenvalue weighted by atomic mass is 127. The maximum Gasteiger partial charge on any atom is 0.421 e. The first-order valence-corrected chi connectivity index (χ1v) is 10.1. The van der Waals surface area contributed by atoms with Gasteiger partial charge in [0.2, 0.25) is 5.95 Å². The van der Waals surface area contributed by atoms with Gasteiger partial charge in [-0.25, -0.2) is 4.98 Å². The second-order valence-corrected chi connectivity index (χ2v) is 8.25. The van der Waals surface area contributed by atoms with Crippen molar-refractivity contribution < 1.29 is 13.2 Å². The molecule has 4 nitrogen and oxygen atoms in total. The van der Waals surface area contributed by atoms with Crippen molar-refractivity contribution in [2.75, 3.05) is 10.6 Å². The number of nitrogens with one attached hydrogen (secondary N) is 2. The summed E-state index contributed by atoms with van der Waals surface area (Å²) in [5.74, 6) is 0.331. The monoisotopic (exact) mass is 512 g/mol. The average Bonchev–Trinajstić information content (AvgIpc) is 2.64. The standard InChI is InChI=1S/C21H20F3IN4/c1-13(2)11-14-3-7-17(8-4-14)28-20-26-12-18(21(22,23)24)19(29-20)27-16-9-5-15(25)6-10-16/h3-10,12-13H,11H2,1-2H3,(H2,26,27,28,29). The van der Waals surface area contributed by atoms with E-state index < -0.39 is 11.7 Å². The fourth-order valence-electron chi connectivity index (χ4n) is 2.74. The lowest BCUT2D eigenvalue weighted by Gasteiger charge is -2.15. The molecule has 1 aromatic heterocycles. The summed E-state index contributed by atoms with van der Waals surface area (Å²) in [6, 6.07) is 14.7. The van der Waals surface area contributed by atoms with Crippen LogP contribution in [0.5, 0.6) is 0 Å². The maximum atomic E-state index is 13.4. The molecule has 3 rings (SSSR count). The molecule has 0 saturated heterocycles. The van der Waals surface area contributed by atoms with Crippen LogP contribution in [0.3, 0.4) is 0 Å². The molecule has 152 valence electrons. The quantitative estimate of drug-likeness (QED) is 0.358. The van der Waals surface area contributed by atoms with Crippen LogP contribution in [0, 0.1) is 9.49 Å². The van der Waals surface area contributed by atoms with Crippen molar-refractivity contribution in [3.05, 3.63) is 69.4 Å². The predicted molar refractivity (Wildman–Crippen MR) is 118 cm³/mol. The molecule has 0 unspecified atom stereocenters. The van der Waals surface area contributed by atoms with E-state index in [1.165, 1.54) is 5.56 Å². The Balaban J connectivity index is 1.85. The zero-order chi connectivity index (χ0) is 21.0. The molecule has 2 N–H and O–H groups in total. The average molecular weight is 512 g/mol. The predicted octanol–water partition coefficient (Wildman–Crippen LogP) is 6.79. The molecule has 0 aliphatic carbocycles. The molecule has 0 atom stereocenters. The highest BCUT2D eigenvalue weighted by Crippen LogP contribution is 2.35. The van der Waals surface area contributed by atoms with Gasteiger partial charge in [0.25, 0.3) is 0 Å². The third kappa shape index (κ3) is 6.06. The molecule has 3 aromatic rings. The summed E-state index contributed by atoms with van der Waals surface area (Å²) in [6.07, 6.45) is -2.82. The molecule has 0 amide bonds. The Kier molecular flexibility index (Phi) is 6.61. The van der Waals surface area contributed by atoms with Gasteiger partial charge >= 0.3 is 6.18 Å². The smallest absolute Gasteiger partial charge is 0.340 e. The number of nitrogens with zero attached hydrogens (tertiary/aromatic N) is 2. The summed E-state index contributed by atoms with van der Waals surface area (Å²) >= 11 is 2.13. The van der Waals surface area contributed by atoms with Gasteiger partial charge in [-0.05, 0) is 76.9 Å². The first kappa shape index (κ1) is 21.4. The Morgan fingerprint density at radius 3 is 2.10 bits per heavy atom. The van der Waals surface area contributed by atoms with E-state index in [9.17, 15) is 13.2 Å². The Bertz CT molecular complexity index is 955. The number of aromatic nitrogens is 2. The lowest BCUT2D eigenvalue weighted by Crippen LogP contribution is -2.12. The molecule has 29 heavy (non-hydrogen) atoms. The minimum atomic E-state index is -4.57. The number of anilines is 4. The zero-order valence-electron chi connectivity index (χ0n) is 15.9. The van der Waals surface area contributed by atoms with Crippen LogP contribution in [0.2, 0.25) is 0 Å². The highest BCUT2D eigenvalue weighted by molar-refractivity contribution is 14.1. The van der Waals surface area contributed by atoms with Crippen molar-refractivity contribution in [1.29, 1.82) is 0 Å². The fourth-order valence-corrected chi connectivity index (χ4v) is 3.10. The third-order valence-corrected chi connectivity index (χ3v) is 4.77. The second kappa shape index (κ2) is 8.98. The lowest BCUT2D eigenvalue weighted by molar-refractivity contribution is -0.137. The van der Waals surface area contributed by atoms with Gasteiger partial charge in [0.05, 0.1) is 0 Å². The summed E-state index contributed by atoms with van der Waals surface area (Å²) in [6.45, 7) is 4.29. The summed E-state index contributed by atoms with van der Waals surface area (Å²) in [5.41, 5.74) is 1.49. The van der Waals surface area contributed by atoms with Gasteiger partial charge in [0.1, 0.15) is 11.4 Å². The Labute approximate surface area is 181 Å². The number of alkyl halides is 3. The van der Waals surface area contributed by atoms with Crippen molar-refractivity contribution in [2.45, 2.75) is 26.4 Å². The molecular weight excluding hydrogens is 492 g/mol. The van der Waals surface area contributed by atoms with Crippen LogP contribution >= 0.6 is 22.6 Å². The molecule has 2 aromatic carbocycles. The molecule has 0 saturated carbocycles. The largest absolute Gasteiger partial charge is 0.421 e. The van der Waals surface area contributed by atoms with Crippen LogP contribution in [0.4, 0.5) is 36.3 Å². The number of hydrogen-bond donors (Lipinski definition) is 2. The number of hydrogen-bond acceptors (Lipinski definition) is 4. The SMILES string of the molecule is CC(C)Cc1ccc(Nc2ncc(C(F)(F)F)c(Nc3ccc(I)cc3)n2)cc1. The molecule has 0 spiro atoms. The van der Waals surface area contributed by atoms with E-state index >= 15 is 0 Å². The van der Waals surface area contributed by atoms with Gasteiger partial charge in [-0.2, -0.15) is 18.2 Å². The summed E-state index contributed by atoms with van der Waals surface area (Å²) in [4.78, 5) is 7.91. The molecule has 0 radical (unpaired) electrons. The van der Waals surface area contributed by atoms with Gasteiger partial charge < -0.3 is 10.6 Å². The van der Waals surface area contributed by atoms with Gasteiger partial charge in [0, 0.05) is 21.1 Å². The van der Waals surface area contributed by atoms with E-state index in [1.54, 1.807) is 24.3 Å². The number of rotatable bonds is 6. The van der Waals surface area contributed by atoms with Crippen LogP contribution in [0.15, 0.2) is 54.7 Å². The van der Waals surface area contributed by atoms with Crippen molar-refractivity contribution in [2.24, 2.45) is 5.92 Å². The minimum Gasteiger partial charge on any atom is -0.340 e. The zero-order valence-corrected chi connectivity index (χ0v) is 18.0. The van der Waals surface area contributed by atoms with Crippen LogP contribution in [-0.4, -0.2) is 9.97 Å². The Morgan fingerprint density at radius 1 is 0.931 bits per heavy atom. The van der Waals surface area contributed by atoms with Crippen LogP contribution in [0.1, 0.15) is 25.0 Å². The van der Waals surface area contributed by atoms with E-state index in [2.05, 4.69) is 57.0 Å². The molecule has 0 bridgehead atoms. The number of halogens is 4. The minimum absolute atomic E-state index is 0.0858. The topological polar surface area (TPSA) is 49.8 Å². The van der Waals surface area contributed by atoms with Crippen LogP contribution < -0.4 is 10.6 Å². The van der Waals surface area contributed by atoms with E-state index in [-0.39, 0.29) is 11.8 Å². The molecule has 8 heteroatoms. The van der Waals surface area contributed by atoms with E-state index in [1.807, 2.05) is 24.3 Å². The van der Waals surface area contributed by atoms with Crippen LogP contribution in [0.25, 0.3) is 0 Å². The van der Waals surface area contributed by atoms with E-state index in [4.69, 9.17) is 0 Å². The van der Waals surface area contributed by atoms with E-state index in [0.717, 1.165) is 16.2 Å². The molecule has 0 aliphatic rings. The van der Waals surface area contributed by atoms with Gasteiger partial charge in [-0.1, -0.05) is 26.0 Å². The second-order valence-electron chi connectivity index (χ2n) is 7.01. The van der Waals surface area contributed by atoms with Crippen molar-refractivity contribution in [3.63, 3.8) is 0 Å². The normalized spacial score (nSPS) is 11.6. The highest BCUT2D eigenvalue weighted by Gasteiger charge is 2.35. The molecule has 0 fully saturated rings. The summed E-state index contributed by atoms with van der Waals surface area (Å²) < 4.78 is 41.1. The molecular formula is C21H20F3IN4. The maximum absolute atomic E-state index is 13.4. The van der Waals surface area contributed by atoms with Gasteiger partial charge in [0.15, 0.2) is 0 Å². The van der Waals surface area contributed by atoms with Gasteiger partial charge in [-0.15, -0.1) is 0 Å². The van der Waals surface area contributed by atoms with Crippen molar-refractivity contribution in [1.82, 2.24) is 9.97 Å². The fraction of sp³-hybridized carbons (Fsp3) is 0.238. The van der Waals surface area contributed by atoms with E-state index in [0.29, 0.717) is 17.3 Å². The van der Waals surface area contributed by atoms with Crippen molar-refractivity contribution >= 4 is 45.7 Å². The molecule has 1 heterocycles. The molecule has 0 aliphatic heterocycles. The summed E-state index contributed by atoms with van der Waals surface area (Å²) in [7, 11) is 0. The Morgan fingerprint density at radius 2 is 1.52 bits per heavy atom. The third-order valence-electron chi connectivity index (χ3n) is 4.06. The Hall–Kier alpha value is -2.36. The number of benzene rings is 2. The van der Waals surface area contributed by atoms with Gasteiger partial charge in [-0.3, -0.25) is 0 Å². The van der Waals surface area contributed by atoms with Crippen molar-refractivity contribution in [3.8, 4) is 0 Å².